The number of rotatable bonds is 14. The van der Waals surface area contributed by atoms with Gasteiger partial charge in [0.05, 0.1) is 12.7 Å². The molecule has 2 atom stereocenters. The molecule has 25 heavy (non-hydrogen) atoms. The molecule has 0 saturated heterocycles. The fourth-order valence-electron chi connectivity index (χ4n) is 2.63. The zero-order valence-corrected chi connectivity index (χ0v) is 16.1. The molecule has 1 N–H and O–H groups in total. The fraction of sp³-hybridized carbons (Fsp3) is 0.842. The smallest absolute Gasteiger partial charge is 0.323 e. The molecular weight excluding hydrogens is 324 g/mol. The van der Waals surface area contributed by atoms with Gasteiger partial charge in [0.1, 0.15) is 0 Å². The van der Waals surface area contributed by atoms with Crippen LogP contribution in [-0.4, -0.2) is 35.7 Å². The van der Waals surface area contributed by atoms with Gasteiger partial charge in [-0.2, -0.15) is 0 Å². The van der Waals surface area contributed by atoms with Crippen molar-refractivity contribution in [3.05, 3.63) is 0 Å². The first-order valence-electron chi connectivity index (χ1n) is 9.44. The van der Waals surface area contributed by atoms with Crippen LogP contribution in [0.5, 0.6) is 0 Å². The zero-order chi connectivity index (χ0) is 19.3. The number of carbonyl (C=O) groups is 3. The molecule has 0 fully saturated rings. The van der Waals surface area contributed by atoms with Gasteiger partial charge in [0, 0.05) is 6.42 Å². The largest absolute Gasteiger partial charge is 0.481 e. The lowest BCUT2D eigenvalue weighted by atomic mass is 9.79. The maximum atomic E-state index is 12.6. The van der Waals surface area contributed by atoms with Crippen LogP contribution in [-0.2, 0) is 23.9 Å². The van der Waals surface area contributed by atoms with E-state index in [1.165, 1.54) is 0 Å². The minimum absolute atomic E-state index is 0.183. The first-order valence-corrected chi connectivity index (χ1v) is 9.44. The van der Waals surface area contributed by atoms with E-state index < -0.39 is 23.3 Å². The Morgan fingerprint density at radius 2 is 1.56 bits per heavy atom. The summed E-state index contributed by atoms with van der Waals surface area (Å²) in [6.07, 6.45) is 5.31. The van der Waals surface area contributed by atoms with E-state index in [1.54, 1.807) is 6.92 Å². The molecule has 6 nitrogen and oxygen atoms in total. The van der Waals surface area contributed by atoms with Gasteiger partial charge < -0.3 is 14.6 Å². The summed E-state index contributed by atoms with van der Waals surface area (Å²) in [6.45, 7) is 7.49. The van der Waals surface area contributed by atoms with E-state index in [9.17, 15) is 14.4 Å². The Kier molecular flexibility index (Phi) is 11.9. The standard InChI is InChI=1S/C19H34O6/c1-5-15(4)25-18(23)19(6-2,17(22)24-7-3)14-12-10-8-9-11-13-16(20)21/h15H,5-14H2,1-4H3,(H,20,21). The van der Waals surface area contributed by atoms with Crippen LogP contribution in [0.25, 0.3) is 0 Å². The molecule has 2 unspecified atom stereocenters. The number of esters is 2. The molecular formula is C19H34O6. The van der Waals surface area contributed by atoms with Crippen LogP contribution < -0.4 is 0 Å². The van der Waals surface area contributed by atoms with E-state index in [-0.39, 0.29) is 19.1 Å². The zero-order valence-electron chi connectivity index (χ0n) is 16.1. The topological polar surface area (TPSA) is 89.9 Å². The van der Waals surface area contributed by atoms with E-state index in [2.05, 4.69) is 0 Å². The molecule has 0 aliphatic carbocycles. The second kappa shape index (κ2) is 12.7. The lowest BCUT2D eigenvalue weighted by Crippen LogP contribution is -2.42. The fourth-order valence-corrected chi connectivity index (χ4v) is 2.63. The second-order valence-corrected chi connectivity index (χ2v) is 6.44. The lowest BCUT2D eigenvalue weighted by molar-refractivity contribution is -0.176. The summed E-state index contributed by atoms with van der Waals surface area (Å²) in [4.78, 5) is 35.6. The summed E-state index contributed by atoms with van der Waals surface area (Å²) in [5.41, 5.74) is -1.24. The Bertz CT molecular complexity index is 420. The molecule has 0 bridgehead atoms. The van der Waals surface area contributed by atoms with Crippen molar-refractivity contribution in [1.29, 1.82) is 0 Å². The molecule has 0 radical (unpaired) electrons. The van der Waals surface area contributed by atoms with Crippen LogP contribution in [0.3, 0.4) is 0 Å². The molecule has 0 amide bonds. The highest BCUT2D eigenvalue weighted by Gasteiger charge is 2.47. The van der Waals surface area contributed by atoms with Crippen molar-refractivity contribution in [3.8, 4) is 0 Å². The van der Waals surface area contributed by atoms with Crippen LogP contribution in [0.1, 0.15) is 85.5 Å². The van der Waals surface area contributed by atoms with E-state index in [4.69, 9.17) is 14.6 Å². The van der Waals surface area contributed by atoms with Crippen LogP contribution in [0.4, 0.5) is 0 Å². The second-order valence-electron chi connectivity index (χ2n) is 6.44. The first kappa shape index (κ1) is 23.4. The van der Waals surface area contributed by atoms with Crippen molar-refractivity contribution < 1.29 is 29.0 Å². The Hall–Kier alpha value is -1.59. The summed E-state index contributed by atoms with van der Waals surface area (Å²) >= 11 is 0. The summed E-state index contributed by atoms with van der Waals surface area (Å²) in [5, 5.41) is 8.62. The maximum absolute atomic E-state index is 12.6. The highest BCUT2D eigenvalue weighted by atomic mass is 16.6. The van der Waals surface area contributed by atoms with Gasteiger partial charge in [-0.25, -0.2) is 0 Å². The number of aliphatic carboxylic acids is 1. The number of carboxylic acids is 1. The molecule has 0 rings (SSSR count). The van der Waals surface area contributed by atoms with Crippen molar-refractivity contribution >= 4 is 17.9 Å². The minimum atomic E-state index is -1.24. The molecule has 146 valence electrons. The molecule has 0 aliphatic heterocycles. The SMILES string of the molecule is CCOC(=O)C(CC)(CCCCCCCC(=O)O)C(=O)OC(C)CC. The van der Waals surface area contributed by atoms with Gasteiger partial charge in [-0.3, -0.25) is 14.4 Å². The molecule has 0 saturated carbocycles. The average Bonchev–Trinajstić information content (AvgIpc) is 2.57. The van der Waals surface area contributed by atoms with E-state index in [0.29, 0.717) is 32.1 Å². The van der Waals surface area contributed by atoms with Gasteiger partial charge in [0.25, 0.3) is 0 Å². The normalized spacial score (nSPS) is 14.4. The Balaban J connectivity index is 4.70. The Labute approximate surface area is 151 Å². The Morgan fingerprint density at radius 3 is 2.08 bits per heavy atom. The molecule has 0 heterocycles. The molecule has 6 heteroatoms. The quantitative estimate of drug-likeness (QED) is 0.286. The number of unbranched alkanes of at least 4 members (excludes halogenated alkanes) is 4. The van der Waals surface area contributed by atoms with Crippen molar-refractivity contribution in [2.45, 2.75) is 91.6 Å². The molecule has 0 aromatic carbocycles. The third-order valence-corrected chi connectivity index (χ3v) is 4.54. The van der Waals surface area contributed by atoms with Gasteiger partial charge in [-0.1, -0.05) is 39.5 Å². The average molecular weight is 358 g/mol. The predicted molar refractivity (Wildman–Crippen MR) is 95.2 cm³/mol. The van der Waals surface area contributed by atoms with Gasteiger partial charge in [-0.15, -0.1) is 0 Å². The summed E-state index contributed by atoms with van der Waals surface area (Å²) in [5.74, 6) is -1.77. The van der Waals surface area contributed by atoms with Crippen LogP contribution in [0.2, 0.25) is 0 Å². The molecule has 0 spiro atoms. The van der Waals surface area contributed by atoms with Crippen molar-refractivity contribution in [1.82, 2.24) is 0 Å². The summed E-state index contributed by atoms with van der Waals surface area (Å²) in [7, 11) is 0. The lowest BCUT2D eigenvalue weighted by Gasteiger charge is -2.29. The Morgan fingerprint density at radius 1 is 0.960 bits per heavy atom. The first-order chi connectivity index (χ1) is 11.8. The highest BCUT2D eigenvalue weighted by molar-refractivity contribution is 6.00. The van der Waals surface area contributed by atoms with Gasteiger partial charge in [0.15, 0.2) is 5.41 Å². The van der Waals surface area contributed by atoms with Gasteiger partial charge in [-0.05, 0) is 39.5 Å². The van der Waals surface area contributed by atoms with Gasteiger partial charge in [0.2, 0.25) is 0 Å². The van der Waals surface area contributed by atoms with E-state index >= 15 is 0 Å². The number of hydrogen-bond acceptors (Lipinski definition) is 5. The monoisotopic (exact) mass is 358 g/mol. The number of hydrogen-bond donors (Lipinski definition) is 1. The minimum Gasteiger partial charge on any atom is -0.481 e. The predicted octanol–water partition coefficient (Wildman–Crippen LogP) is 4.10. The highest BCUT2D eigenvalue weighted by Crippen LogP contribution is 2.33. The number of carbonyl (C=O) groups excluding carboxylic acids is 2. The van der Waals surface area contributed by atoms with E-state index in [1.807, 2.05) is 20.8 Å². The molecule has 0 aromatic heterocycles. The van der Waals surface area contributed by atoms with Crippen molar-refractivity contribution in [2.24, 2.45) is 5.41 Å². The van der Waals surface area contributed by atoms with Crippen LogP contribution in [0, 0.1) is 5.41 Å². The summed E-state index contributed by atoms with van der Waals surface area (Å²) < 4.78 is 10.6. The summed E-state index contributed by atoms with van der Waals surface area (Å²) in [6, 6.07) is 0. The van der Waals surface area contributed by atoms with Crippen molar-refractivity contribution in [2.75, 3.05) is 6.61 Å². The number of carboxylic acid groups (broad SMARTS) is 1. The maximum Gasteiger partial charge on any atom is 0.323 e. The third kappa shape index (κ3) is 8.36. The van der Waals surface area contributed by atoms with Crippen LogP contribution >= 0.6 is 0 Å². The van der Waals surface area contributed by atoms with Crippen LogP contribution in [0.15, 0.2) is 0 Å². The van der Waals surface area contributed by atoms with E-state index in [0.717, 1.165) is 19.3 Å². The van der Waals surface area contributed by atoms with Crippen molar-refractivity contribution in [3.63, 3.8) is 0 Å². The molecule has 0 aromatic rings. The number of ether oxygens (including phenoxy) is 2. The molecule has 0 aliphatic rings. The third-order valence-electron chi connectivity index (χ3n) is 4.54. The van der Waals surface area contributed by atoms with Gasteiger partial charge >= 0.3 is 17.9 Å².